The van der Waals surface area contributed by atoms with Gasteiger partial charge in [0, 0.05) is 12.6 Å². The Morgan fingerprint density at radius 3 is 2.42 bits per heavy atom. The van der Waals surface area contributed by atoms with Crippen molar-refractivity contribution in [1.29, 1.82) is 0 Å². The Morgan fingerprint density at radius 1 is 1.12 bits per heavy atom. The summed E-state index contributed by atoms with van der Waals surface area (Å²) in [6.07, 6.45) is 2.34. The standard InChI is InChI=1S/C19H23ClN4O2/c1-12(2)9-10-22-18(25)16-17(21-11-23(16)13(3)4)24(19(22)26)15-8-6-5-7-14(15)20/h5-8,11-13H,9-10H2,1-4H3. The minimum atomic E-state index is -0.412. The van der Waals surface area contributed by atoms with E-state index >= 15 is 0 Å². The van der Waals surface area contributed by atoms with Gasteiger partial charge in [-0.15, -0.1) is 0 Å². The van der Waals surface area contributed by atoms with Gasteiger partial charge in [0.05, 0.1) is 17.0 Å². The number of halogens is 1. The quantitative estimate of drug-likeness (QED) is 0.685. The minimum Gasteiger partial charge on any atom is -0.322 e. The number of imidazole rings is 1. The molecule has 2 heterocycles. The van der Waals surface area contributed by atoms with Gasteiger partial charge in [-0.2, -0.15) is 0 Å². The van der Waals surface area contributed by atoms with Gasteiger partial charge >= 0.3 is 5.69 Å². The molecule has 0 atom stereocenters. The zero-order chi connectivity index (χ0) is 19.0. The van der Waals surface area contributed by atoms with Crippen LogP contribution in [0.5, 0.6) is 0 Å². The molecule has 0 bridgehead atoms. The molecule has 0 spiro atoms. The van der Waals surface area contributed by atoms with E-state index in [1.54, 1.807) is 29.1 Å². The van der Waals surface area contributed by atoms with Gasteiger partial charge in [0.1, 0.15) is 0 Å². The molecule has 0 aliphatic carbocycles. The fourth-order valence-electron chi connectivity index (χ4n) is 2.97. The molecule has 0 saturated heterocycles. The summed E-state index contributed by atoms with van der Waals surface area (Å²) in [4.78, 5) is 30.6. The van der Waals surface area contributed by atoms with Crippen LogP contribution in [0.15, 0.2) is 40.2 Å². The minimum absolute atomic E-state index is 0.0449. The zero-order valence-electron chi connectivity index (χ0n) is 15.4. The van der Waals surface area contributed by atoms with Gasteiger partial charge in [-0.25, -0.2) is 14.3 Å². The van der Waals surface area contributed by atoms with Crippen LogP contribution in [0.4, 0.5) is 0 Å². The van der Waals surface area contributed by atoms with Crippen molar-refractivity contribution in [2.45, 2.75) is 46.7 Å². The second-order valence-corrected chi connectivity index (χ2v) is 7.53. The molecule has 0 amide bonds. The maximum absolute atomic E-state index is 13.2. The Labute approximate surface area is 156 Å². The summed E-state index contributed by atoms with van der Waals surface area (Å²) in [7, 11) is 0. The lowest BCUT2D eigenvalue weighted by Crippen LogP contribution is -2.40. The second kappa shape index (κ2) is 7.11. The first kappa shape index (κ1) is 18.5. The van der Waals surface area contributed by atoms with Crippen molar-refractivity contribution in [1.82, 2.24) is 18.7 Å². The molecule has 138 valence electrons. The first-order valence-electron chi connectivity index (χ1n) is 8.80. The summed E-state index contributed by atoms with van der Waals surface area (Å²) in [5.41, 5.74) is 0.563. The lowest BCUT2D eigenvalue weighted by atomic mass is 10.1. The fourth-order valence-corrected chi connectivity index (χ4v) is 3.19. The summed E-state index contributed by atoms with van der Waals surface area (Å²) >= 11 is 6.34. The molecule has 1 aromatic carbocycles. The number of aromatic nitrogens is 4. The zero-order valence-corrected chi connectivity index (χ0v) is 16.2. The average Bonchev–Trinajstić information content (AvgIpc) is 3.01. The molecule has 3 rings (SSSR count). The summed E-state index contributed by atoms with van der Waals surface area (Å²) < 4.78 is 4.54. The molecule has 0 N–H and O–H groups in total. The normalized spacial score (nSPS) is 11.8. The Bertz CT molecular complexity index is 1060. The first-order valence-corrected chi connectivity index (χ1v) is 9.18. The highest BCUT2D eigenvalue weighted by Gasteiger charge is 2.21. The summed E-state index contributed by atoms with van der Waals surface area (Å²) in [5.74, 6) is 0.376. The predicted molar refractivity (Wildman–Crippen MR) is 104 cm³/mol. The van der Waals surface area contributed by atoms with E-state index < -0.39 is 5.69 Å². The van der Waals surface area contributed by atoms with Crippen molar-refractivity contribution < 1.29 is 0 Å². The molecule has 2 aromatic heterocycles. The topological polar surface area (TPSA) is 61.8 Å². The molecule has 0 aliphatic rings. The largest absolute Gasteiger partial charge is 0.337 e. The predicted octanol–water partition coefficient (Wildman–Crippen LogP) is 3.63. The van der Waals surface area contributed by atoms with Gasteiger partial charge in [-0.1, -0.05) is 37.6 Å². The molecule has 0 unspecified atom stereocenters. The van der Waals surface area contributed by atoms with Crippen molar-refractivity contribution in [3.05, 3.63) is 56.5 Å². The van der Waals surface area contributed by atoms with E-state index in [1.165, 1.54) is 9.13 Å². The number of hydrogen-bond acceptors (Lipinski definition) is 3. The highest BCUT2D eigenvalue weighted by atomic mass is 35.5. The summed E-state index contributed by atoms with van der Waals surface area (Å²) in [6, 6.07) is 7.13. The second-order valence-electron chi connectivity index (χ2n) is 7.13. The van der Waals surface area contributed by atoms with Gasteiger partial charge in [0.25, 0.3) is 5.56 Å². The number of para-hydroxylation sites is 1. The van der Waals surface area contributed by atoms with E-state index in [0.717, 1.165) is 6.42 Å². The van der Waals surface area contributed by atoms with Crippen LogP contribution in [-0.2, 0) is 6.54 Å². The molecule has 3 aromatic rings. The maximum Gasteiger partial charge on any atom is 0.337 e. The third kappa shape index (κ3) is 3.09. The summed E-state index contributed by atoms with van der Waals surface area (Å²) in [5, 5.41) is 0.434. The lowest BCUT2D eigenvalue weighted by Gasteiger charge is -2.15. The Morgan fingerprint density at radius 2 is 1.81 bits per heavy atom. The van der Waals surface area contributed by atoms with Crippen LogP contribution in [-0.4, -0.2) is 18.7 Å². The lowest BCUT2D eigenvalue weighted by molar-refractivity contribution is 0.490. The average molecular weight is 375 g/mol. The smallest absolute Gasteiger partial charge is 0.322 e. The fraction of sp³-hybridized carbons (Fsp3) is 0.421. The van der Waals surface area contributed by atoms with Crippen molar-refractivity contribution in [2.75, 3.05) is 0 Å². The highest BCUT2D eigenvalue weighted by molar-refractivity contribution is 6.32. The van der Waals surface area contributed by atoms with Crippen molar-refractivity contribution >= 4 is 22.8 Å². The van der Waals surface area contributed by atoms with Gasteiger partial charge in [-0.05, 0) is 38.3 Å². The van der Waals surface area contributed by atoms with Crippen molar-refractivity contribution in [3.8, 4) is 5.69 Å². The Kier molecular flexibility index (Phi) is 5.05. The number of fused-ring (bicyclic) bond motifs is 1. The van der Waals surface area contributed by atoms with Crippen LogP contribution in [0, 0.1) is 5.92 Å². The molecule has 0 fully saturated rings. The molecule has 0 radical (unpaired) electrons. The highest BCUT2D eigenvalue weighted by Crippen LogP contribution is 2.22. The molecule has 7 heteroatoms. The van der Waals surface area contributed by atoms with Gasteiger partial charge in [0.2, 0.25) is 0 Å². The third-order valence-electron chi connectivity index (χ3n) is 4.44. The van der Waals surface area contributed by atoms with Crippen LogP contribution in [0.25, 0.3) is 16.9 Å². The molecule has 26 heavy (non-hydrogen) atoms. The van der Waals surface area contributed by atoms with Crippen molar-refractivity contribution in [2.24, 2.45) is 5.92 Å². The third-order valence-corrected chi connectivity index (χ3v) is 4.76. The van der Waals surface area contributed by atoms with Crippen LogP contribution in [0.1, 0.15) is 40.2 Å². The molecular weight excluding hydrogens is 352 g/mol. The maximum atomic E-state index is 13.2. The molecule has 0 saturated carbocycles. The van der Waals surface area contributed by atoms with Gasteiger partial charge in [-0.3, -0.25) is 9.36 Å². The van der Waals surface area contributed by atoms with Gasteiger partial charge < -0.3 is 4.57 Å². The van der Waals surface area contributed by atoms with Gasteiger partial charge in [0.15, 0.2) is 11.2 Å². The van der Waals surface area contributed by atoms with E-state index in [0.29, 0.717) is 34.3 Å². The van der Waals surface area contributed by atoms with Crippen LogP contribution >= 0.6 is 11.6 Å². The summed E-state index contributed by atoms with van der Waals surface area (Å²) in [6.45, 7) is 8.44. The number of rotatable bonds is 5. The van der Waals surface area contributed by atoms with E-state index in [-0.39, 0.29) is 11.6 Å². The number of nitrogens with zero attached hydrogens (tertiary/aromatic N) is 4. The Balaban J connectivity index is 2.42. The Hall–Kier alpha value is -2.34. The SMILES string of the molecule is CC(C)CCn1c(=O)c2c(ncn2C(C)C)n(-c2ccccc2Cl)c1=O. The molecule has 6 nitrogen and oxygen atoms in total. The van der Waals surface area contributed by atoms with E-state index in [4.69, 9.17) is 11.6 Å². The monoisotopic (exact) mass is 374 g/mol. The first-order chi connectivity index (χ1) is 12.3. The van der Waals surface area contributed by atoms with Crippen LogP contribution in [0.2, 0.25) is 5.02 Å². The number of benzene rings is 1. The van der Waals surface area contributed by atoms with E-state index in [1.807, 2.05) is 19.9 Å². The molecule has 0 aliphatic heterocycles. The van der Waals surface area contributed by atoms with E-state index in [9.17, 15) is 9.59 Å². The molecular formula is C19H23ClN4O2. The van der Waals surface area contributed by atoms with Crippen LogP contribution in [0.3, 0.4) is 0 Å². The number of hydrogen-bond donors (Lipinski definition) is 0. The van der Waals surface area contributed by atoms with Crippen molar-refractivity contribution in [3.63, 3.8) is 0 Å². The van der Waals surface area contributed by atoms with E-state index in [2.05, 4.69) is 18.8 Å². The van der Waals surface area contributed by atoms with Crippen LogP contribution < -0.4 is 11.2 Å².